The van der Waals surface area contributed by atoms with E-state index >= 15 is 0 Å². The quantitative estimate of drug-likeness (QED) is 0.607. The minimum Gasteiger partial charge on any atom is -0.357 e. The van der Waals surface area contributed by atoms with Crippen LogP contribution in [-0.4, -0.2) is 33.8 Å². The molecule has 6 nitrogen and oxygen atoms in total. The lowest BCUT2D eigenvalue weighted by atomic mass is 9.86. The number of aliphatic imine (C=N–C) groups is 1. The molecule has 0 fully saturated rings. The summed E-state index contributed by atoms with van der Waals surface area (Å²) < 4.78 is 2.03. The fourth-order valence-electron chi connectivity index (χ4n) is 3.59. The van der Waals surface area contributed by atoms with Gasteiger partial charge < -0.3 is 10.6 Å². The summed E-state index contributed by atoms with van der Waals surface area (Å²) >= 11 is 0. The van der Waals surface area contributed by atoms with Gasteiger partial charge in [0.25, 0.3) is 0 Å². The number of rotatable bonds is 6. The van der Waals surface area contributed by atoms with Crippen LogP contribution < -0.4 is 10.6 Å². The number of nitrogens with zero attached hydrogens (tertiary/aromatic N) is 4. The second-order valence-corrected chi connectivity index (χ2v) is 8.10. The highest BCUT2D eigenvalue weighted by atomic mass is 15.4. The molecule has 1 aliphatic heterocycles. The van der Waals surface area contributed by atoms with Crippen molar-refractivity contribution in [3.8, 4) is 0 Å². The number of hydrogen-bond donors (Lipinski definition) is 2. The molecule has 2 aromatic rings. The average Bonchev–Trinajstić information content (AvgIpc) is 3.02. The molecule has 27 heavy (non-hydrogen) atoms. The zero-order valence-corrected chi connectivity index (χ0v) is 17.0. The summed E-state index contributed by atoms with van der Waals surface area (Å²) in [7, 11) is 0. The van der Waals surface area contributed by atoms with Crippen LogP contribution in [-0.2, 0) is 13.0 Å². The van der Waals surface area contributed by atoms with E-state index in [0.29, 0.717) is 0 Å². The van der Waals surface area contributed by atoms with E-state index in [2.05, 4.69) is 71.8 Å². The molecule has 0 bridgehead atoms. The summed E-state index contributed by atoms with van der Waals surface area (Å²) in [6.45, 7) is 11.1. The van der Waals surface area contributed by atoms with E-state index < -0.39 is 0 Å². The third-order valence-electron chi connectivity index (χ3n) is 4.83. The van der Waals surface area contributed by atoms with Gasteiger partial charge >= 0.3 is 0 Å². The maximum absolute atomic E-state index is 4.89. The molecule has 1 unspecified atom stereocenters. The molecule has 1 atom stereocenters. The van der Waals surface area contributed by atoms with Crippen molar-refractivity contribution in [2.45, 2.75) is 59.5 Å². The molecule has 1 aromatic heterocycles. The molecule has 0 radical (unpaired) electrons. The first-order valence-corrected chi connectivity index (χ1v) is 9.97. The summed E-state index contributed by atoms with van der Waals surface area (Å²) in [5.74, 6) is 2.72. The lowest BCUT2D eigenvalue weighted by Gasteiger charge is -2.27. The largest absolute Gasteiger partial charge is 0.357 e. The summed E-state index contributed by atoms with van der Waals surface area (Å²) in [4.78, 5) is 9.51. The summed E-state index contributed by atoms with van der Waals surface area (Å²) in [5.41, 5.74) is 1.44. The summed E-state index contributed by atoms with van der Waals surface area (Å²) in [6.07, 6.45) is 3.16. The van der Waals surface area contributed by atoms with Gasteiger partial charge in [0.15, 0.2) is 5.96 Å². The highest BCUT2D eigenvalue weighted by Gasteiger charge is 2.25. The smallest absolute Gasteiger partial charge is 0.191 e. The Morgan fingerprint density at radius 1 is 1.30 bits per heavy atom. The second kappa shape index (κ2) is 8.55. The maximum Gasteiger partial charge on any atom is 0.191 e. The highest BCUT2D eigenvalue weighted by molar-refractivity contribution is 5.80. The number of benzene rings is 1. The minimum atomic E-state index is 0.0902. The van der Waals surface area contributed by atoms with Crippen molar-refractivity contribution >= 4 is 5.96 Å². The third-order valence-corrected chi connectivity index (χ3v) is 4.83. The summed E-state index contributed by atoms with van der Waals surface area (Å²) in [5, 5.41) is 11.5. The van der Waals surface area contributed by atoms with Gasteiger partial charge in [-0.15, -0.1) is 0 Å². The van der Waals surface area contributed by atoms with E-state index in [1.54, 1.807) is 0 Å². The lowest BCUT2D eigenvalue weighted by molar-refractivity contribution is 0.373. The van der Waals surface area contributed by atoms with Gasteiger partial charge in [0.1, 0.15) is 11.6 Å². The van der Waals surface area contributed by atoms with E-state index in [1.165, 1.54) is 5.56 Å². The Balaban J connectivity index is 1.68. The monoisotopic (exact) mass is 368 g/mol. The van der Waals surface area contributed by atoms with Crippen LogP contribution in [0.5, 0.6) is 0 Å². The lowest BCUT2D eigenvalue weighted by Crippen LogP contribution is -2.42. The molecule has 2 heterocycles. The fourth-order valence-corrected chi connectivity index (χ4v) is 3.59. The van der Waals surface area contributed by atoms with Crippen molar-refractivity contribution in [3.63, 3.8) is 0 Å². The molecule has 0 saturated carbocycles. The zero-order valence-electron chi connectivity index (χ0n) is 17.0. The van der Waals surface area contributed by atoms with Crippen LogP contribution in [0.25, 0.3) is 0 Å². The van der Waals surface area contributed by atoms with Crippen molar-refractivity contribution in [1.29, 1.82) is 0 Å². The van der Waals surface area contributed by atoms with Crippen LogP contribution >= 0.6 is 0 Å². The Morgan fingerprint density at radius 3 is 2.81 bits per heavy atom. The van der Waals surface area contributed by atoms with Crippen molar-refractivity contribution in [2.75, 3.05) is 13.1 Å². The van der Waals surface area contributed by atoms with Gasteiger partial charge in [-0.3, -0.25) is 4.99 Å². The molecule has 0 spiro atoms. The third kappa shape index (κ3) is 5.31. The van der Waals surface area contributed by atoms with Crippen LogP contribution in [0, 0.1) is 12.3 Å². The Labute approximate surface area is 162 Å². The van der Waals surface area contributed by atoms with Crippen molar-refractivity contribution in [1.82, 2.24) is 25.4 Å². The number of fused-ring (bicyclic) bond motifs is 1. The van der Waals surface area contributed by atoms with Crippen LogP contribution in [0.3, 0.4) is 0 Å². The molecular weight excluding hydrogens is 336 g/mol. The van der Waals surface area contributed by atoms with Crippen molar-refractivity contribution in [3.05, 3.63) is 47.5 Å². The Morgan fingerprint density at radius 2 is 2.07 bits per heavy atom. The topological polar surface area (TPSA) is 67.1 Å². The molecule has 0 aliphatic carbocycles. The van der Waals surface area contributed by atoms with Crippen LogP contribution in [0.15, 0.2) is 35.3 Å². The van der Waals surface area contributed by atoms with E-state index in [9.17, 15) is 0 Å². The SMILES string of the molecule is CCNC(=NCC(C)(C)Cc1ccccc1)NC1CCCn2nc(C)nc21. The molecule has 146 valence electrons. The van der Waals surface area contributed by atoms with Gasteiger partial charge in [0.2, 0.25) is 0 Å². The number of aromatic nitrogens is 3. The predicted octanol–water partition coefficient (Wildman–Crippen LogP) is 3.25. The standard InChI is InChI=1S/C21H32N6/c1-5-22-20(23-15-21(3,4)14-17-10-7-6-8-11-17)25-18-12-9-13-27-19(18)24-16(2)26-27/h6-8,10-11,18H,5,9,12-15H2,1-4H3,(H2,22,23,25). The summed E-state index contributed by atoms with van der Waals surface area (Å²) in [6, 6.07) is 10.8. The van der Waals surface area contributed by atoms with Gasteiger partial charge in [-0.05, 0) is 44.1 Å². The molecule has 3 rings (SSSR count). The van der Waals surface area contributed by atoms with Crippen LogP contribution in [0.2, 0.25) is 0 Å². The molecule has 1 aliphatic rings. The zero-order chi connectivity index (χ0) is 19.3. The van der Waals surface area contributed by atoms with Gasteiger partial charge in [-0.1, -0.05) is 44.2 Å². The first-order chi connectivity index (χ1) is 13.0. The van der Waals surface area contributed by atoms with Gasteiger partial charge in [0.05, 0.1) is 6.04 Å². The number of nitrogens with one attached hydrogen (secondary N) is 2. The van der Waals surface area contributed by atoms with Gasteiger partial charge in [-0.2, -0.15) is 5.10 Å². The number of aryl methyl sites for hydroxylation is 2. The second-order valence-electron chi connectivity index (χ2n) is 8.10. The van der Waals surface area contributed by atoms with E-state index in [0.717, 1.165) is 56.5 Å². The molecule has 0 amide bonds. The average molecular weight is 369 g/mol. The molecule has 2 N–H and O–H groups in total. The van der Waals surface area contributed by atoms with E-state index in [-0.39, 0.29) is 11.5 Å². The Hall–Kier alpha value is -2.37. The Kier molecular flexibility index (Phi) is 6.14. The fraction of sp³-hybridized carbons (Fsp3) is 0.571. The minimum absolute atomic E-state index is 0.0902. The first kappa shape index (κ1) is 19.4. The molecule has 0 saturated heterocycles. The van der Waals surface area contributed by atoms with E-state index in [4.69, 9.17) is 4.99 Å². The predicted molar refractivity (Wildman–Crippen MR) is 110 cm³/mol. The van der Waals surface area contributed by atoms with Gasteiger partial charge in [0, 0.05) is 19.6 Å². The normalized spacial score (nSPS) is 17.5. The molecule has 1 aromatic carbocycles. The van der Waals surface area contributed by atoms with Crippen molar-refractivity contribution in [2.24, 2.45) is 10.4 Å². The van der Waals surface area contributed by atoms with E-state index in [1.807, 2.05) is 11.6 Å². The Bertz CT molecular complexity index is 762. The van der Waals surface area contributed by atoms with Crippen LogP contribution in [0.4, 0.5) is 0 Å². The van der Waals surface area contributed by atoms with Crippen molar-refractivity contribution < 1.29 is 0 Å². The highest BCUT2D eigenvalue weighted by Crippen LogP contribution is 2.24. The first-order valence-electron chi connectivity index (χ1n) is 9.97. The van der Waals surface area contributed by atoms with Gasteiger partial charge in [-0.25, -0.2) is 9.67 Å². The van der Waals surface area contributed by atoms with Crippen LogP contribution in [0.1, 0.15) is 56.9 Å². The number of hydrogen-bond acceptors (Lipinski definition) is 3. The number of guanidine groups is 1. The molecule has 6 heteroatoms. The molecular formula is C21H32N6. The maximum atomic E-state index is 4.89.